The third-order valence-corrected chi connectivity index (χ3v) is 7.79. The van der Waals surface area contributed by atoms with E-state index in [1.165, 1.54) is 12.1 Å². The molecule has 2 aromatic carbocycles. The van der Waals surface area contributed by atoms with Crippen molar-refractivity contribution in [2.24, 2.45) is 0 Å². The van der Waals surface area contributed by atoms with Gasteiger partial charge in [0.25, 0.3) is 5.91 Å². The van der Waals surface area contributed by atoms with Gasteiger partial charge in [-0.3, -0.25) is 4.79 Å². The number of hydrogen-bond donors (Lipinski definition) is 2. The van der Waals surface area contributed by atoms with E-state index in [1.807, 2.05) is 12.1 Å². The second kappa shape index (κ2) is 9.11. The molecule has 1 aliphatic carbocycles. The third kappa shape index (κ3) is 4.76. The molecule has 1 heterocycles. The highest BCUT2D eigenvalue weighted by Gasteiger charge is 2.37. The molecule has 0 saturated heterocycles. The topological polar surface area (TPSA) is 93.7 Å². The molecule has 0 unspecified atom stereocenters. The summed E-state index contributed by atoms with van der Waals surface area (Å²) < 4.78 is 38.5. The van der Waals surface area contributed by atoms with E-state index in [1.54, 1.807) is 26.0 Å². The molecule has 0 aromatic heterocycles. The quantitative estimate of drug-likeness (QED) is 0.663. The van der Waals surface area contributed by atoms with E-state index < -0.39 is 10.0 Å². The van der Waals surface area contributed by atoms with Crippen LogP contribution in [0.4, 0.5) is 0 Å². The number of rotatable bonds is 7. The standard InChI is InChI=1S/C24H30N2O5S/c1-17(2)26-32(28,29)20-8-5-18(6-9-20)23(27)25-16-24(11-3-4-12-24)19-7-10-21-22(15-19)31-14-13-30-21/h5-10,15,17,26H,3-4,11-14,16H2,1-2H3,(H,25,27). The zero-order valence-electron chi connectivity index (χ0n) is 18.5. The van der Waals surface area contributed by atoms with Crippen LogP contribution >= 0.6 is 0 Å². The highest BCUT2D eigenvalue weighted by atomic mass is 32.2. The molecule has 7 nitrogen and oxygen atoms in total. The van der Waals surface area contributed by atoms with Crippen LogP contribution in [-0.2, 0) is 15.4 Å². The van der Waals surface area contributed by atoms with Gasteiger partial charge in [-0.05, 0) is 68.7 Å². The van der Waals surface area contributed by atoms with Gasteiger partial charge in [-0.15, -0.1) is 0 Å². The predicted molar refractivity (Wildman–Crippen MR) is 122 cm³/mol. The van der Waals surface area contributed by atoms with Crippen LogP contribution in [0, 0.1) is 0 Å². The summed E-state index contributed by atoms with van der Waals surface area (Å²) in [6.45, 7) is 5.14. The number of amides is 1. The summed E-state index contributed by atoms with van der Waals surface area (Å²) in [5.74, 6) is 1.31. The van der Waals surface area contributed by atoms with Crippen LogP contribution in [0.3, 0.4) is 0 Å². The fourth-order valence-electron chi connectivity index (χ4n) is 4.51. The largest absolute Gasteiger partial charge is 0.486 e. The Morgan fingerprint density at radius 3 is 2.31 bits per heavy atom. The van der Waals surface area contributed by atoms with Crippen LogP contribution in [0.2, 0.25) is 0 Å². The van der Waals surface area contributed by atoms with Gasteiger partial charge in [-0.1, -0.05) is 18.9 Å². The molecule has 0 spiro atoms. The van der Waals surface area contributed by atoms with E-state index in [4.69, 9.17) is 9.47 Å². The van der Waals surface area contributed by atoms with Crippen molar-refractivity contribution in [3.63, 3.8) is 0 Å². The first-order valence-electron chi connectivity index (χ1n) is 11.1. The number of carbonyl (C=O) groups excluding carboxylic acids is 1. The van der Waals surface area contributed by atoms with Crippen LogP contribution in [0.25, 0.3) is 0 Å². The van der Waals surface area contributed by atoms with E-state index in [9.17, 15) is 13.2 Å². The van der Waals surface area contributed by atoms with Crippen LogP contribution in [0.15, 0.2) is 47.4 Å². The molecule has 0 bridgehead atoms. The molecular formula is C24H30N2O5S. The molecule has 4 rings (SSSR count). The van der Waals surface area contributed by atoms with E-state index in [-0.39, 0.29) is 22.3 Å². The van der Waals surface area contributed by atoms with Gasteiger partial charge < -0.3 is 14.8 Å². The fourth-order valence-corrected chi connectivity index (χ4v) is 5.76. The lowest BCUT2D eigenvalue weighted by molar-refractivity contribution is 0.0943. The number of sulfonamides is 1. The molecule has 8 heteroatoms. The third-order valence-electron chi connectivity index (χ3n) is 6.12. The summed E-state index contributed by atoms with van der Waals surface area (Å²) in [5, 5.41) is 3.07. The lowest BCUT2D eigenvalue weighted by atomic mass is 9.78. The molecule has 1 saturated carbocycles. The normalized spacial score (nSPS) is 17.3. The minimum atomic E-state index is -3.58. The zero-order valence-corrected chi connectivity index (χ0v) is 19.3. The van der Waals surface area contributed by atoms with Crippen molar-refractivity contribution in [3.05, 3.63) is 53.6 Å². The SMILES string of the molecule is CC(C)NS(=O)(=O)c1ccc(C(=O)NCC2(c3ccc4c(c3)OCCO4)CCCC2)cc1. The van der Waals surface area contributed by atoms with Gasteiger partial charge in [0.2, 0.25) is 10.0 Å². The summed E-state index contributed by atoms with van der Waals surface area (Å²) in [6.07, 6.45) is 4.20. The highest BCUT2D eigenvalue weighted by molar-refractivity contribution is 7.89. The van der Waals surface area contributed by atoms with Gasteiger partial charge >= 0.3 is 0 Å². The second-order valence-electron chi connectivity index (χ2n) is 8.83. The van der Waals surface area contributed by atoms with Gasteiger partial charge in [-0.25, -0.2) is 13.1 Å². The molecule has 1 aliphatic heterocycles. The number of ether oxygens (including phenoxy) is 2. The molecule has 32 heavy (non-hydrogen) atoms. The Bertz CT molecular complexity index is 1070. The van der Waals surface area contributed by atoms with Crippen molar-refractivity contribution in [1.82, 2.24) is 10.0 Å². The maximum absolute atomic E-state index is 12.8. The first-order chi connectivity index (χ1) is 15.3. The Balaban J connectivity index is 1.47. The summed E-state index contributed by atoms with van der Waals surface area (Å²) in [4.78, 5) is 13.0. The summed E-state index contributed by atoms with van der Waals surface area (Å²) in [6, 6.07) is 11.9. The molecule has 0 atom stereocenters. The Labute approximate surface area is 189 Å². The van der Waals surface area contributed by atoms with E-state index in [0.29, 0.717) is 25.3 Å². The molecule has 2 aromatic rings. The van der Waals surface area contributed by atoms with Gasteiger partial charge in [0.1, 0.15) is 13.2 Å². The van der Waals surface area contributed by atoms with Crippen molar-refractivity contribution in [3.8, 4) is 11.5 Å². The average molecular weight is 459 g/mol. The van der Waals surface area contributed by atoms with Gasteiger partial charge in [0.05, 0.1) is 4.90 Å². The number of hydrogen-bond acceptors (Lipinski definition) is 5. The molecule has 172 valence electrons. The Hall–Kier alpha value is -2.58. The van der Waals surface area contributed by atoms with Crippen LogP contribution in [0.1, 0.15) is 55.5 Å². The van der Waals surface area contributed by atoms with Gasteiger partial charge in [0, 0.05) is 23.6 Å². The lowest BCUT2D eigenvalue weighted by Crippen LogP contribution is -2.39. The zero-order chi connectivity index (χ0) is 22.8. The summed E-state index contributed by atoms with van der Waals surface area (Å²) in [7, 11) is -3.58. The van der Waals surface area contributed by atoms with Crippen LogP contribution < -0.4 is 19.5 Å². The highest BCUT2D eigenvalue weighted by Crippen LogP contribution is 2.43. The molecule has 2 aliphatic rings. The number of benzene rings is 2. The first-order valence-corrected chi connectivity index (χ1v) is 12.6. The fraction of sp³-hybridized carbons (Fsp3) is 0.458. The Kier molecular flexibility index (Phi) is 6.44. The smallest absolute Gasteiger partial charge is 0.251 e. The van der Waals surface area contributed by atoms with Crippen molar-refractivity contribution >= 4 is 15.9 Å². The maximum atomic E-state index is 12.8. The molecule has 1 fully saturated rings. The van der Waals surface area contributed by atoms with Crippen LogP contribution in [0.5, 0.6) is 11.5 Å². The van der Waals surface area contributed by atoms with Crippen molar-refractivity contribution in [1.29, 1.82) is 0 Å². The van der Waals surface area contributed by atoms with E-state index >= 15 is 0 Å². The van der Waals surface area contributed by atoms with Crippen LogP contribution in [-0.4, -0.2) is 40.1 Å². The first kappa shape index (κ1) is 22.6. The van der Waals surface area contributed by atoms with E-state index in [0.717, 1.165) is 42.7 Å². The van der Waals surface area contributed by atoms with Crippen molar-refractivity contribution < 1.29 is 22.7 Å². The van der Waals surface area contributed by atoms with Gasteiger partial charge in [0.15, 0.2) is 11.5 Å². The Morgan fingerprint density at radius 2 is 1.66 bits per heavy atom. The number of carbonyl (C=O) groups is 1. The maximum Gasteiger partial charge on any atom is 0.251 e. The molecule has 0 radical (unpaired) electrons. The van der Waals surface area contributed by atoms with Crippen molar-refractivity contribution in [2.45, 2.75) is 55.9 Å². The Morgan fingerprint density at radius 1 is 1.00 bits per heavy atom. The number of nitrogens with one attached hydrogen (secondary N) is 2. The molecule has 1 amide bonds. The minimum Gasteiger partial charge on any atom is -0.486 e. The lowest BCUT2D eigenvalue weighted by Gasteiger charge is -2.31. The van der Waals surface area contributed by atoms with Gasteiger partial charge in [-0.2, -0.15) is 0 Å². The van der Waals surface area contributed by atoms with Crippen molar-refractivity contribution in [2.75, 3.05) is 19.8 Å². The van der Waals surface area contributed by atoms with E-state index in [2.05, 4.69) is 16.1 Å². The average Bonchev–Trinajstić information content (AvgIpc) is 3.26. The molecule has 2 N–H and O–H groups in total. The minimum absolute atomic E-state index is 0.143. The number of fused-ring (bicyclic) bond motifs is 1. The second-order valence-corrected chi connectivity index (χ2v) is 10.5. The summed E-state index contributed by atoms with van der Waals surface area (Å²) in [5.41, 5.74) is 1.44. The predicted octanol–water partition coefficient (Wildman–Crippen LogP) is 3.39. The monoisotopic (exact) mass is 458 g/mol. The molecular weight excluding hydrogens is 428 g/mol. The summed E-state index contributed by atoms with van der Waals surface area (Å²) >= 11 is 0.